The lowest BCUT2D eigenvalue weighted by Gasteiger charge is -2.36. The third-order valence-corrected chi connectivity index (χ3v) is 8.34. The molecule has 0 radical (unpaired) electrons. The zero-order chi connectivity index (χ0) is 24.5. The molecule has 8 heteroatoms. The number of carboxylic acid groups (broad SMARTS) is 1. The molecule has 0 atom stereocenters. The number of carboxylic acids is 1. The maximum absolute atomic E-state index is 11.1. The molecule has 2 aromatic heterocycles. The van der Waals surface area contributed by atoms with Gasteiger partial charge in [0.1, 0.15) is 5.01 Å². The fraction of sp³-hybridized carbons (Fsp3) is 0.393. The number of hydrogen-bond acceptors (Lipinski definition) is 6. The maximum Gasteiger partial charge on any atom is 0.335 e. The monoisotopic (exact) mass is 502 g/mol. The Morgan fingerprint density at radius 1 is 0.889 bits per heavy atom. The molecule has 36 heavy (non-hydrogen) atoms. The minimum atomic E-state index is -0.934. The number of aromatic nitrogens is 3. The van der Waals surface area contributed by atoms with Crippen molar-refractivity contribution in [2.45, 2.75) is 57.2 Å². The number of piperidine rings is 1. The first-order chi connectivity index (χ1) is 17.6. The molecule has 1 aliphatic carbocycles. The second kappa shape index (κ2) is 10.0. The van der Waals surface area contributed by atoms with Gasteiger partial charge in [-0.25, -0.2) is 14.3 Å². The van der Waals surface area contributed by atoms with Crippen molar-refractivity contribution >= 4 is 28.0 Å². The number of benzene rings is 2. The summed E-state index contributed by atoms with van der Waals surface area (Å²) in [5.41, 5.74) is 4.31. The van der Waals surface area contributed by atoms with E-state index >= 15 is 0 Å². The summed E-state index contributed by atoms with van der Waals surface area (Å²) in [6.07, 6.45) is 11.3. The first-order valence-electron chi connectivity index (χ1n) is 12.8. The highest BCUT2D eigenvalue weighted by molar-refractivity contribution is 7.19. The summed E-state index contributed by atoms with van der Waals surface area (Å²) < 4.78 is 8.24. The summed E-state index contributed by atoms with van der Waals surface area (Å²) in [6, 6.07) is 15.5. The van der Waals surface area contributed by atoms with Gasteiger partial charge in [-0.05, 0) is 62.1 Å². The van der Waals surface area contributed by atoms with E-state index in [4.69, 9.17) is 14.9 Å². The number of aromatic carboxylic acids is 1. The van der Waals surface area contributed by atoms with Crippen molar-refractivity contribution < 1.29 is 14.6 Å². The maximum atomic E-state index is 11.1. The Labute approximate surface area is 214 Å². The Bertz CT molecular complexity index is 1330. The molecule has 0 bridgehead atoms. The molecule has 1 N–H and O–H groups in total. The molecule has 0 amide bonds. The van der Waals surface area contributed by atoms with Crippen LogP contribution in [0.5, 0.6) is 0 Å². The van der Waals surface area contributed by atoms with E-state index in [1.165, 1.54) is 37.8 Å². The summed E-state index contributed by atoms with van der Waals surface area (Å²) in [6.45, 7) is 2.07. The van der Waals surface area contributed by atoms with Crippen LogP contribution in [0.4, 0.5) is 5.69 Å². The van der Waals surface area contributed by atoms with Crippen LogP contribution in [0.3, 0.4) is 0 Å². The van der Waals surface area contributed by atoms with Crippen molar-refractivity contribution in [3.63, 3.8) is 0 Å². The average molecular weight is 503 g/mol. The van der Waals surface area contributed by atoms with Crippen molar-refractivity contribution in [1.29, 1.82) is 0 Å². The Kier molecular flexibility index (Phi) is 6.46. The first-order valence-corrected chi connectivity index (χ1v) is 13.6. The van der Waals surface area contributed by atoms with Gasteiger partial charge in [-0.1, -0.05) is 42.7 Å². The lowest BCUT2D eigenvalue weighted by molar-refractivity contribution is -0.0395. The van der Waals surface area contributed by atoms with E-state index in [9.17, 15) is 4.79 Å². The smallest absolute Gasteiger partial charge is 0.335 e. The predicted molar refractivity (Wildman–Crippen MR) is 142 cm³/mol. The Morgan fingerprint density at radius 2 is 1.56 bits per heavy atom. The van der Waals surface area contributed by atoms with Crippen molar-refractivity contribution in [1.82, 2.24) is 14.6 Å². The number of rotatable bonds is 6. The van der Waals surface area contributed by atoms with Crippen LogP contribution in [0, 0.1) is 0 Å². The number of imidazole rings is 1. The Hall–Kier alpha value is -3.23. The molecule has 2 fully saturated rings. The van der Waals surface area contributed by atoms with E-state index in [-0.39, 0.29) is 5.56 Å². The summed E-state index contributed by atoms with van der Waals surface area (Å²) in [4.78, 5) is 18.9. The molecule has 0 unspecified atom stereocenters. The predicted octanol–water partition coefficient (Wildman–Crippen LogP) is 6.14. The third-order valence-electron chi connectivity index (χ3n) is 7.37. The van der Waals surface area contributed by atoms with Gasteiger partial charge in [0.15, 0.2) is 0 Å². The fourth-order valence-electron chi connectivity index (χ4n) is 5.33. The molecule has 186 valence electrons. The molecule has 1 saturated heterocycles. The van der Waals surface area contributed by atoms with Gasteiger partial charge >= 0.3 is 5.97 Å². The highest BCUT2D eigenvalue weighted by Gasteiger charge is 2.24. The molecule has 1 aliphatic heterocycles. The van der Waals surface area contributed by atoms with Crippen molar-refractivity contribution in [3.05, 3.63) is 60.3 Å². The van der Waals surface area contributed by atoms with Gasteiger partial charge < -0.3 is 14.7 Å². The highest BCUT2D eigenvalue weighted by Crippen LogP contribution is 2.32. The van der Waals surface area contributed by atoms with Gasteiger partial charge in [-0.15, -0.1) is 0 Å². The number of ether oxygens (including phenoxy) is 1. The quantitative estimate of drug-likeness (QED) is 0.341. The molecule has 2 aromatic carbocycles. The standard InChI is InChI=1S/C28H30N4O3S/c33-27(34)21-8-6-19(7-9-21)25-18-29-28-32(25)30-26(36-28)20-10-12-22(13-11-20)31-16-14-24(15-17-31)35-23-4-2-1-3-5-23/h6-13,18,23-24H,1-5,14-17H2,(H,33,34). The van der Waals surface area contributed by atoms with E-state index < -0.39 is 5.97 Å². The van der Waals surface area contributed by atoms with E-state index in [1.54, 1.807) is 41.8 Å². The second-order valence-corrected chi connectivity index (χ2v) is 10.7. The molecular weight excluding hydrogens is 472 g/mol. The summed E-state index contributed by atoms with van der Waals surface area (Å²) in [5, 5.41) is 14.9. The molecule has 6 rings (SSSR count). The lowest BCUT2D eigenvalue weighted by Crippen LogP contribution is -2.38. The van der Waals surface area contributed by atoms with Crippen LogP contribution < -0.4 is 4.90 Å². The SMILES string of the molecule is O=C(O)c1ccc(-c2cnc3sc(-c4ccc(N5CCC(OC6CCCCC6)CC5)cc4)nn23)cc1. The van der Waals surface area contributed by atoms with Crippen LogP contribution in [-0.2, 0) is 4.74 Å². The second-order valence-electron chi connectivity index (χ2n) is 9.76. The number of fused-ring (bicyclic) bond motifs is 1. The van der Waals surface area contributed by atoms with Gasteiger partial charge in [0.05, 0.1) is 29.7 Å². The van der Waals surface area contributed by atoms with E-state index in [0.29, 0.717) is 12.2 Å². The average Bonchev–Trinajstić information content (AvgIpc) is 3.51. The molecular formula is C28H30N4O3S. The van der Waals surface area contributed by atoms with Crippen LogP contribution in [0.15, 0.2) is 54.7 Å². The van der Waals surface area contributed by atoms with Crippen molar-refractivity contribution in [2.24, 2.45) is 0 Å². The fourth-order valence-corrected chi connectivity index (χ4v) is 6.21. The van der Waals surface area contributed by atoms with Gasteiger partial charge in [-0.2, -0.15) is 5.10 Å². The van der Waals surface area contributed by atoms with E-state index in [2.05, 4.69) is 34.1 Å². The molecule has 1 saturated carbocycles. The summed E-state index contributed by atoms with van der Waals surface area (Å²) in [5.74, 6) is -0.934. The minimum absolute atomic E-state index is 0.263. The van der Waals surface area contributed by atoms with E-state index in [0.717, 1.165) is 52.7 Å². The Balaban J connectivity index is 1.12. The van der Waals surface area contributed by atoms with Crippen LogP contribution >= 0.6 is 11.3 Å². The van der Waals surface area contributed by atoms with E-state index in [1.807, 2.05) is 4.52 Å². The molecule has 7 nitrogen and oxygen atoms in total. The molecule has 0 spiro atoms. The van der Waals surface area contributed by atoms with Crippen molar-refractivity contribution in [3.8, 4) is 21.8 Å². The topological polar surface area (TPSA) is 80.0 Å². The van der Waals surface area contributed by atoms with Crippen LogP contribution in [0.25, 0.3) is 26.8 Å². The lowest BCUT2D eigenvalue weighted by atomic mass is 9.97. The summed E-state index contributed by atoms with van der Waals surface area (Å²) >= 11 is 1.55. The van der Waals surface area contributed by atoms with Gasteiger partial charge in [0.2, 0.25) is 4.96 Å². The number of hydrogen-bond donors (Lipinski definition) is 1. The zero-order valence-corrected chi connectivity index (χ0v) is 21.0. The molecule has 3 heterocycles. The summed E-state index contributed by atoms with van der Waals surface area (Å²) in [7, 11) is 0. The number of anilines is 1. The van der Waals surface area contributed by atoms with Gasteiger partial charge in [-0.3, -0.25) is 0 Å². The minimum Gasteiger partial charge on any atom is -0.478 e. The number of carbonyl (C=O) groups is 1. The largest absolute Gasteiger partial charge is 0.478 e. The highest BCUT2D eigenvalue weighted by atomic mass is 32.1. The van der Waals surface area contributed by atoms with Crippen LogP contribution in [0.2, 0.25) is 0 Å². The Morgan fingerprint density at radius 3 is 2.25 bits per heavy atom. The normalized spacial score (nSPS) is 17.6. The molecule has 2 aliphatic rings. The first kappa shape index (κ1) is 23.2. The molecule has 4 aromatic rings. The number of nitrogens with zero attached hydrogens (tertiary/aromatic N) is 4. The van der Waals surface area contributed by atoms with Gasteiger partial charge in [0, 0.05) is 29.9 Å². The van der Waals surface area contributed by atoms with Crippen LogP contribution in [0.1, 0.15) is 55.3 Å². The van der Waals surface area contributed by atoms with Gasteiger partial charge in [0.25, 0.3) is 0 Å². The van der Waals surface area contributed by atoms with Crippen LogP contribution in [-0.4, -0.2) is 51.0 Å². The van der Waals surface area contributed by atoms with Crippen molar-refractivity contribution in [2.75, 3.05) is 18.0 Å². The zero-order valence-electron chi connectivity index (χ0n) is 20.2. The third kappa shape index (κ3) is 4.75.